The molecule has 0 aromatic heterocycles. The number of halogens is 1. The van der Waals surface area contributed by atoms with Crippen molar-refractivity contribution < 1.29 is 19.6 Å². The second kappa shape index (κ2) is 5.92. The maximum absolute atomic E-state index is 12.3. The van der Waals surface area contributed by atoms with Crippen molar-refractivity contribution in [3.63, 3.8) is 0 Å². The van der Waals surface area contributed by atoms with Gasteiger partial charge in [0, 0.05) is 11.6 Å². The number of carbonyl (C=O) groups is 1. The van der Waals surface area contributed by atoms with Gasteiger partial charge in [0.2, 0.25) is 5.75 Å². The van der Waals surface area contributed by atoms with Crippen molar-refractivity contribution in [2.75, 3.05) is 7.11 Å². The largest absolute Gasteiger partial charge is 0.506 e. The number of aromatic hydroxyl groups is 1. The van der Waals surface area contributed by atoms with E-state index in [1.165, 1.54) is 7.11 Å². The summed E-state index contributed by atoms with van der Waals surface area (Å²) in [4.78, 5) is 22.7. The Morgan fingerprint density at radius 3 is 2.48 bits per heavy atom. The van der Waals surface area contributed by atoms with Crippen molar-refractivity contribution in [1.82, 2.24) is 0 Å². The monoisotopic (exact) mass is 351 g/mol. The van der Waals surface area contributed by atoms with Crippen LogP contribution in [0, 0.1) is 10.1 Å². The van der Waals surface area contributed by atoms with Crippen molar-refractivity contribution in [2.45, 2.75) is 0 Å². The number of ether oxygens (including phenoxy) is 1. The van der Waals surface area contributed by atoms with Gasteiger partial charge in [-0.25, -0.2) is 0 Å². The van der Waals surface area contributed by atoms with Crippen LogP contribution >= 0.6 is 15.9 Å². The molecule has 0 aliphatic carbocycles. The normalized spacial score (nSPS) is 10.2. The van der Waals surface area contributed by atoms with Crippen molar-refractivity contribution >= 4 is 27.4 Å². The average Bonchev–Trinajstić information content (AvgIpc) is 2.49. The molecule has 2 aromatic rings. The molecule has 0 heterocycles. The number of methoxy groups -OCH3 is 1. The summed E-state index contributed by atoms with van der Waals surface area (Å²) in [6, 6.07) is 9.20. The fourth-order valence-corrected chi connectivity index (χ4v) is 2.44. The molecule has 6 nitrogen and oxygen atoms in total. The first-order chi connectivity index (χ1) is 9.97. The van der Waals surface area contributed by atoms with Gasteiger partial charge in [-0.05, 0) is 15.9 Å². The van der Waals surface area contributed by atoms with Gasteiger partial charge in [0.15, 0.2) is 5.78 Å². The number of rotatable bonds is 4. The van der Waals surface area contributed by atoms with Crippen molar-refractivity contribution in [1.29, 1.82) is 0 Å². The first kappa shape index (κ1) is 15.0. The summed E-state index contributed by atoms with van der Waals surface area (Å²) in [7, 11) is 1.24. The molecular weight excluding hydrogens is 342 g/mol. The smallest absolute Gasteiger partial charge is 0.313 e. The number of phenolic OH excluding ortho intramolecular Hbond substituents is 1. The first-order valence-electron chi connectivity index (χ1n) is 5.81. The van der Waals surface area contributed by atoms with Gasteiger partial charge in [-0.1, -0.05) is 30.3 Å². The minimum absolute atomic E-state index is 0.0292. The second-order valence-electron chi connectivity index (χ2n) is 4.09. The average molecular weight is 352 g/mol. The van der Waals surface area contributed by atoms with E-state index in [1.54, 1.807) is 30.3 Å². The van der Waals surface area contributed by atoms with Crippen LogP contribution in [0.4, 0.5) is 5.69 Å². The Hall–Kier alpha value is -2.41. The van der Waals surface area contributed by atoms with Crippen LogP contribution in [0.15, 0.2) is 40.9 Å². The molecule has 0 aliphatic rings. The Morgan fingerprint density at radius 2 is 1.95 bits per heavy atom. The number of hydrogen-bond donors (Lipinski definition) is 1. The highest BCUT2D eigenvalue weighted by Crippen LogP contribution is 2.43. The predicted molar refractivity (Wildman–Crippen MR) is 78.9 cm³/mol. The lowest BCUT2D eigenvalue weighted by atomic mass is 10.0. The minimum atomic E-state index is -0.676. The Bertz CT molecular complexity index is 715. The van der Waals surface area contributed by atoms with Gasteiger partial charge in [-0.15, -0.1) is 0 Å². The van der Waals surface area contributed by atoms with E-state index in [-0.39, 0.29) is 15.8 Å². The Labute approximate surface area is 128 Å². The van der Waals surface area contributed by atoms with Crippen molar-refractivity contribution in [3.05, 3.63) is 62.1 Å². The van der Waals surface area contributed by atoms with Crippen LogP contribution in [0.3, 0.4) is 0 Å². The van der Waals surface area contributed by atoms with Crippen molar-refractivity contribution in [3.8, 4) is 11.5 Å². The van der Waals surface area contributed by atoms with Gasteiger partial charge in [0.05, 0.1) is 17.6 Å². The molecule has 0 saturated heterocycles. The number of benzene rings is 2. The number of phenols is 1. The molecule has 21 heavy (non-hydrogen) atoms. The molecule has 0 unspecified atom stereocenters. The number of nitro benzene ring substituents is 1. The fraction of sp³-hybridized carbons (Fsp3) is 0.0714. The van der Waals surface area contributed by atoms with Crippen LogP contribution in [-0.2, 0) is 0 Å². The molecular formula is C14H10BrNO5. The molecule has 0 saturated carbocycles. The van der Waals surface area contributed by atoms with Gasteiger partial charge < -0.3 is 9.84 Å². The molecule has 0 amide bonds. The van der Waals surface area contributed by atoms with E-state index in [2.05, 4.69) is 15.9 Å². The molecule has 0 spiro atoms. The number of nitro groups is 1. The number of carbonyl (C=O) groups excluding carboxylic acids is 1. The Kier molecular flexibility index (Phi) is 4.23. The highest BCUT2D eigenvalue weighted by atomic mass is 79.9. The van der Waals surface area contributed by atoms with Gasteiger partial charge in [-0.2, -0.15) is 0 Å². The maximum Gasteiger partial charge on any atom is 0.313 e. The van der Waals surface area contributed by atoms with Gasteiger partial charge in [0.25, 0.3) is 0 Å². The highest BCUT2D eigenvalue weighted by molar-refractivity contribution is 9.10. The molecule has 2 aromatic carbocycles. The predicted octanol–water partition coefficient (Wildman–Crippen LogP) is 3.30. The summed E-state index contributed by atoms with van der Waals surface area (Å²) < 4.78 is 4.87. The fourth-order valence-electron chi connectivity index (χ4n) is 1.86. The van der Waals surface area contributed by atoms with Crippen LogP contribution in [0.25, 0.3) is 0 Å². The lowest BCUT2D eigenvalue weighted by Gasteiger charge is -2.10. The zero-order valence-electron chi connectivity index (χ0n) is 10.9. The Morgan fingerprint density at radius 1 is 1.33 bits per heavy atom. The molecule has 1 N–H and O–H groups in total. The van der Waals surface area contributed by atoms with Crippen LogP contribution in [0.5, 0.6) is 11.5 Å². The van der Waals surface area contributed by atoms with E-state index >= 15 is 0 Å². The van der Waals surface area contributed by atoms with Crippen LogP contribution in [0.2, 0.25) is 0 Å². The van der Waals surface area contributed by atoms with E-state index in [1.807, 2.05) is 0 Å². The summed E-state index contributed by atoms with van der Waals surface area (Å²) in [6.07, 6.45) is 0. The molecule has 0 bridgehead atoms. The number of hydrogen-bond acceptors (Lipinski definition) is 5. The summed E-state index contributed by atoms with van der Waals surface area (Å²) >= 11 is 3.02. The van der Waals surface area contributed by atoms with Gasteiger partial charge >= 0.3 is 5.69 Å². The molecule has 0 radical (unpaired) electrons. The zero-order valence-corrected chi connectivity index (χ0v) is 12.5. The molecule has 0 atom stereocenters. The molecule has 2 rings (SSSR count). The third kappa shape index (κ3) is 2.73. The molecule has 0 fully saturated rings. The quantitative estimate of drug-likeness (QED) is 0.518. The summed E-state index contributed by atoms with van der Waals surface area (Å²) in [5.41, 5.74) is -0.249. The second-order valence-corrected chi connectivity index (χ2v) is 4.88. The third-order valence-electron chi connectivity index (χ3n) is 2.86. The molecule has 0 aliphatic heterocycles. The van der Waals surface area contributed by atoms with Crippen LogP contribution in [-0.4, -0.2) is 22.9 Å². The van der Waals surface area contributed by atoms with Crippen molar-refractivity contribution in [2.24, 2.45) is 0 Å². The van der Waals surface area contributed by atoms with E-state index in [0.717, 1.165) is 6.07 Å². The van der Waals surface area contributed by atoms with E-state index in [0.29, 0.717) is 5.56 Å². The summed E-state index contributed by atoms with van der Waals surface area (Å²) in [6.45, 7) is 0. The standard InChI is InChI=1S/C14H10BrNO5/c1-21-14-10(16(19)20)7-9(13(18)11(14)15)12(17)8-5-3-2-4-6-8/h2-7,18H,1H3. The van der Waals surface area contributed by atoms with Crippen LogP contribution < -0.4 is 4.74 Å². The highest BCUT2D eigenvalue weighted by Gasteiger charge is 2.27. The maximum atomic E-state index is 12.3. The number of nitrogens with zero attached hydrogens (tertiary/aromatic N) is 1. The SMILES string of the molecule is COc1c([N+](=O)[O-])cc(C(=O)c2ccccc2)c(O)c1Br. The third-order valence-corrected chi connectivity index (χ3v) is 3.59. The van der Waals surface area contributed by atoms with Crippen LogP contribution in [0.1, 0.15) is 15.9 Å². The summed E-state index contributed by atoms with van der Waals surface area (Å²) in [5.74, 6) is -1.05. The summed E-state index contributed by atoms with van der Waals surface area (Å²) in [5, 5.41) is 21.1. The Balaban J connectivity index is 2.65. The minimum Gasteiger partial charge on any atom is -0.506 e. The lowest BCUT2D eigenvalue weighted by Crippen LogP contribution is -2.04. The topological polar surface area (TPSA) is 89.7 Å². The number of ketones is 1. The van der Waals surface area contributed by atoms with Gasteiger partial charge in [-0.3, -0.25) is 14.9 Å². The van der Waals surface area contributed by atoms with Gasteiger partial charge in [0.1, 0.15) is 10.2 Å². The van der Waals surface area contributed by atoms with E-state index < -0.39 is 22.1 Å². The molecule has 7 heteroatoms. The van der Waals surface area contributed by atoms with E-state index in [4.69, 9.17) is 4.74 Å². The first-order valence-corrected chi connectivity index (χ1v) is 6.60. The zero-order chi connectivity index (χ0) is 15.6. The van der Waals surface area contributed by atoms with E-state index in [9.17, 15) is 20.0 Å². The molecule has 108 valence electrons. The lowest BCUT2D eigenvalue weighted by molar-refractivity contribution is -0.385.